The Labute approximate surface area is 163 Å². The topological polar surface area (TPSA) is 59.5 Å². The molecule has 2 aromatic carbocycles. The van der Waals surface area contributed by atoms with Gasteiger partial charge >= 0.3 is 0 Å². The lowest BCUT2D eigenvalue weighted by Crippen LogP contribution is -2.40. The van der Waals surface area contributed by atoms with Crippen molar-refractivity contribution in [2.24, 2.45) is 0 Å². The summed E-state index contributed by atoms with van der Waals surface area (Å²) in [5.41, 5.74) is 2.70. The van der Waals surface area contributed by atoms with E-state index in [4.69, 9.17) is 4.74 Å². The Morgan fingerprint density at radius 2 is 1.68 bits per heavy atom. The number of nitrogens with zero attached hydrogens (tertiary/aromatic N) is 2. The van der Waals surface area contributed by atoms with Crippen LogP contribution in [0.1, 0.15) is 26.4 Å². The number of benzene rings is 2. The van der Waals surface area contributed by atoms with Crippen LogP contribution in [0.3, 0.4) is 0 Å². The van der Waals surface area contributed by atoms with Gasteiger partial charge in [0.05, 0.1) is 18.7 Å². The molecule has 0 atom stereocenters. The van der Waals surface area contributed by atoms with Crippen molar-refractivity contribution in [2.45, 2.75) is 0 Å². The lowest BCUT2D eigenvalue weighted by atomic mass is 10.1. The van der Waals surface area contributed by atoms with E-state index in [1.54, 1.807) is 29.2 Å². The summed E-state index contributed by atoms with van der Waals surface area (Å²) in [6.45, 7) is 2.40. The maximum Gasteiger partial charge on any atom is 0.254 e. The molecule has 2 heterocycles. The third-order valence-electron chi connectivity index (χ3n) is 4.73. The van der Waals surface area contributed by atoms with Crippen molar-refractivity contribution in [3.8, 4) is 0 Å². The van der Waals surface area contributed by atoms with Crippen LogP contribution in [0, 0.1) is 0 Å². The van der Waals surface area contributed by atoms with E-state index in [-0.39, 0.29) is 11.7 Å². The van der Waals surface area contributed by atoms with Crippen molar-refractivity contribution < 1.29 is 14.3 Å². The normalized spacial score (nSPS) is 14.5. The second kappa shape index (κ2) is 8.15. The minimum atomic E-state index is -0.153. The lowest BCUT2D eigenvalue weighted by molar-refractivity contribution is 0.0303. The van der Waals surface area contributed by atoms with Crippen LogP contribution in [0.5, 0.6) is 0 Å². The summed E-state index contributed by atoms with van der Waals surface area (Å²) < 4.78 is 5.28. The molecular weight excluding hydrogens is 352 g/mol. The van der Waals surface area contributed by atoms with Gasteiger partial charge in [-0.15, -0.1) is 0 Å². The molecule has 0 spiro atoms. The molecule has 0 N–H and O–H groups in total. The molecule has 0 bridgehead atoms. The first kappa shape index (κ1) is 18.1. The Hall–Kier alpha value is -3.31. The van der Waals surface area contributed by atoms with Crippen LogP contribution in [-0.4, -0.2) is 47.9 Å². The zero-order valence-electron chi connectivity index (χ0n) is 15.4. The number of morpholine rings is 1. The highest BCUT2D eigenvalue weighted by molar-refractivity contribution is 6.06. The van der Waals surface area contributed by atoms with E-state index in [1.165, 1.54) is 6.08 Å². The first-order valence-electron chi connectivity index (χ1n) is 9.26. The second-order valence-corrected chi connectivity index (χ2v) is 6.61. The summed E-state index contributed by atoms with van der Waals surface area (Å²) in [4.78, 5) is 31.1. The summed E-state index contributed by atoms with van der Waals surface area (Å²) in [6.07, 6.45) is 3.25. The zero-order chi connectivity index (χ0) is 19.3. The molecule has 3 aromatic rings. The van der Waals surface area contributed by atoms with Crippen LogP contribution >= 0.6 is 0 Å². The zero-order valence-corrected chi connectivity index (χ0v) is 15.4. The summed E-state index contributed by atoms with van der Waals surface area (Å²) in [6, 6.07) is 18.6. The van der Waals surface area contributed by atoms with Crippen molar-refractivity contribution in [3.63, 3.8) is 0 Å². The van der Waals surface area contributed by atoms with Gasteiger partial charge in [0.1, 0.15) is 5.69 Å². The summed E-state index contributed by atoms with van der Waals surface area (Å²) in [7, 11) is 0. The van der Waals surface area contributed by atoms with Gasteiger partial charge in [-0.05, 0) is 35.9 Å². The van der Waals surface area contributed by atoms with E-state index in [9.17, 15) is 9.59 Å². The van der Waals surface area contributed by atoms with E-state index in [0.29, 0.717) is 37.6 Å². The highest BCUT2D eigenvalue weighted by Gasteiger charge is 2.18. The Balaban J connectivity index is 1.44. The summed E-state index contributed by atoms with van der Waals surface area (Å²) in [5.74, 6) is -0.144. The molecule has 0 unspecified atom stereocenters. The number of hydrogen-bond donors (Lipinski definition) is 0. The Kier molecular flexibility index (Phi) is 5.26. The molecule has 1 saturated heterocycles. The number of carbonyl (C=O) groups is 2. The number of fused-ring (bicyclic) bond motifs is 1. The molecule has 1 aromatic heterocycles. The molecule has 0 radical (unpaired) electrons. The Morgan fingerprint density at radius 3 is 2.46 bits per heavy atom. The average Bonchev–Trinajstić information content (AvgIpc) is 2.77. The van der Waals surface area contributed by atoms with Crippen LogP contribution < -0.4 is 0 Å². The number of rotatable bonds is 4. The number of carbonyl (C=O) groups excluding carboxylic acids is 2. The highest BCUT2D eigenvalue weighted by atomic mass is 16.5. The fourth-order valence-corrected chi connectivity index (χ4v) is 3.15. The molecule has 5 heteroatoms. The molecule has 5 nitrogen and oxygen atoms in total. The molecule has 1 fully saturated rings. The van der Waals surface area contributed by atoms with Gasteiger partial charge in [0.25, 0.3) is 5.91 Å². The van der Waals surface area contributed by atoms with Crippen LogP contribution in [0.25, 0.3) is 17.0 Å². The fraction of sp³-hybridized carbons (Fsp3) is 0.174. The van der Waals surface area contributed by atoms with Crippen LogP contribution in [0.4, 0.5) is 0 Å². The summed E-state index contributed by atoms with van der Waals surface area (Å²) in [5, 5.41) is 1.00. The van der Waals surface area contributed by atoms with Gasteiger partial charge in [-0.2, -0.15) is 0 Å². The summed E-state index contributed by atoms with van der Waals surface area (Å²) >= 11 is 0. The largest absolute Gasteiger partial charge is 0.378 e. The Morgan fingerprint density at radius 1 is 0.929 bits per heavy atom. The Bertz CT molecular complexity index is 1040. The van der Waals surface area contributed by atoms with Crippen molar-refractivity contribution >= 4 is 28.7 Å². The molecule has 28 heavy (non-hydrogen) atoms. The van der Waals surface area contributed by atoms with Gasteiger partial charge in [-0.3, -0.25) is 9.59 Å². The van der Waals surface area contributed by atoms with E-state index in [2.05, 4.69) is 4.98 Å². The first-order valence-corrected chi connectivity index (χ1v) is 9.26. The monoisotopic (exact) mass is 372 g/mol. The first-order chi connectivity index (χ1) is 13.7. The lowest BCUT2D eigenvalue weighted by Gasteiger charge is -2.26. The average molecular weight is 372 g/mol. The third kappa shape index (κ3) is 4.00. The maximum atomic E-state index is 12.5. The van der Waals surface area contributed by atoms with Gasteiger partial charge < -0.3 is 9.64 Å². The molecule has 0 aliphatic carbocycles. The molecule has 0 saturated carbocycles. The van der Waals surface area contributed by atoms with E-state index in [0.717, 1.165) is 16.5 Å². The number of hydrogen-bond acceptors (Lipinski definition) is 4. The van der Waals surface area contributed by atoms with Crippen molar-refractivity contribution in [3.05, 3.63) is 83.6 Å². The quantitative estimate of drug-likeness (QED) is 0.519. The van der Waals surface area contributed by atoms with Gasteiger partial charge in [-0.1, -0.05) is 42.5 Å². The van der Waals surface area contributed by atoms with E-state index in [1.807, 2.05) is 42.5 Å². The fourth-order valence-electron chi connectivity index (χ4n) is 3.15. The smallest absolute Gasteiger partial charge is 0.254 e. The van der Waals surface area contributed by atoms with E-state index >= 15 is 0 Å². The number of ether oxygens (including phenoxy) is 1. The molecule has 140 valence electrons. The second-order valence-electron chi connectivity index (χ2n) is 6.61. The predicted molar refractivity (Wildman–Crippen MR) is 108 cm³/mol. The maximum absolute atomic E-state index is 12.5. The predicted octanol–water partition coefficient (Wildman–Crippen LogP) is 3.60. The number of allylic oxidation sites excluding steroid dienone is 1. The van der Waals surface area contributed by atoms with Crippen molar-refractivity contribution in [1.82, 2.24) is 9.88 Å². The number of amides is 1. The molecule has 1 amide bonds. The van der Waals surface area contributed by atoms with Crippen LogP contribution in [-0.2, 0) is 4.74 Å². The molecular formula is C23H20N2O3. The van der Waals surface area contributed by atoms with Gasteiger partial charge in [0, 0.05) is 24.0 Å². The van der Waals surface area contributed by atoms with Crippen LogP contribution in [0.2, 0.25) is 0 Å². The van der Waals surface area contributed by atoms with Gasteiger partial charge in [-0.25, -0.2) is 4.98 Å². The van der Waals surface area contributed by atoms with Crippen molar-refractivity contribution in [1.29, 1.82) is 0 Å². The van der Waals surface area contributed by atoms with Crippen molar-refractivity contribution in [2.75, 3.05) is 26.3 Å². The molecule has 1 aliphatic heterocycles. The number of ketones is 1. The standard InChI is InChI=1S/C23H20N2O3/c26-22(21-11-10-18-3-1-2-4-20(18)24-21)12-7-17-5-8-19(9-6-17)23(27)25-13-15-28-16-14-25/h1-12H,13-16H2. The third-order valence-corrected chi connectivity index (χ3v) is 4.73. The minimum Gasteiger partial charge on any atom is -0.378 e. The van der Waals surface area contributed by atoms with Crippen LogP contribution in [0.15, 0.2) is 66.7 Å². The van der Waals surface area contributed by atoms with Gasteiger partial charge in [0.15, 0.2) is 0 Å². The SMILES string of the molecule is O=C(C=Cc1ccc(C(=O)N2CCOCC2)cc1)c1ccc2ccccc2n1. The van der Waals surface area contributed by atoms with E-state index < -0.39 is 0 Å². The highest BCUT2D eigenvalue weighted by Crippen LogP contribution is 2.14. The number of aromatic nitrogens is 1. The number of pyridine rings is 1. The molecule has 1 aliphatic rings. The minimum absolute atomic E-state index is 0.00951. The number of para-hydroxylation sites is 1. The molecule has 4 rings (SSSR count). The van der Waals surface area contributed by atoms with Gasteiger partial charge in [0.2, 0.25) is 5.78 Å².